The number of carboxylic acid groups (broad SMARTS) is 1. The molecule has 1 saturated carbocycles. The van der Waals surface area contributed by atoms with Gasteiger partial charge in [-0.3, -0.25) is 4.79 Å². The summed E-state index contributed by atoms with van der Waals surface area (Å²) in [5, 5.41) is 19.1. The molecule has 1 fully saturated rings. The molecule has 3 nitrogen and oxygen atoms in total. The number of hydrogen-bond acceptors (Lipinski definition) is 3. The molecular weight excluding hydrogens is 260 g/mol. The Kier molecular flexibility index (Phi) is 4.88. The van der Waals surface area contributed by atoms with Crippen LogP contribution in [-0.2, 0) is 11.2 Å². The van der Waals surface area contributed by atoms with Crippen LogP contribution in [0.2, 0.25) is 0 Å². The van der Waals surface area contributed by atoms with Crippen molar-refractivity contribution in [3.8, 4) is 0 Å². The van der Waals surface area contributed by atoms with E-state index in [1.165, 1.54) is 11.8 Å². The summed E-state index contributed by atoms with van der Waals surface area (Å²) in [4.78, 5) is 11.3. The highest BCUT2D eigenvalue weighted by Gasteiger charge is 2.33. The van der Waals surface area contributed by atoms with E-state index in [0.29, 0.717) is 12.2 Å². The minimum atomic E-state index is -0.796. The molecule has 19 heavy (non-hydrogen) atoms. The molecule has 1 aromatic carbocycles. The summed E-state index contributed by atoms with van der Waals surface area (Å²) in [5.74, 6) is -0.271. The second kappa shape index (κ2) is 6.44. The highest BCUT2D eigenvalue weighted by atomic mass is 32.2. The smallest absolute Gasteiger partial charge is 0.316 e. The zero-order valence-corrected chi connectivity index (χ0v) is 11.7. The molecule has 0 saturated heterocycles. The Bertz CT molecular complexity index is 413. The molecular formula is C15H20O3S. The van der Waals surface area contributed by atoms with E-state index < -0.39 is 16.8 Å². The van der Waals surface area contributed by atoms with Crippen molar-refractivity contribution in [3.63, 3.8) is 0 Å². The second-order valence-corrected chi connectivity index (χ2v) is 6.45. The quantitative estimate of drug-likeness (QED) is 0.841. The lowest BCUT2D eigenvalue weighted by Gasteiger charge is -2.23. The minimum Gasteiger partial charge on any atom is -0.480 e. The van der Waals surface area contributed by atoms with Gasteiger partial charge < -0.3 is 10.2 Å². The molecule has 0 spiro atoms. The largest absolute Gasteiger partial charge is 0.480 e. The van der Waals surface area contributed by atoms with Crippen molar-refractivity contribution in [2.75, 3.05) is 5.75 Å². The van der Waals surface area contributed by atoms with E-state index in [4.69, 9.17) is 0 Å². The fourth-order valence-corrected chi connectivity index (χ4v) is 3.73. The number of carbonyl (C=O) groups is 1. The first-order chi connectivity index (χ1) is 9.09. The maximum atomic E-state index is 11.3. The first kappa shape index (κ1) is 14.4. The van der Waals surface area contributed by atoms with Gasteiger partial charge in [-0.2, -0.15) is 0 Å². The Morgan fingerprint density at radius 3 is 2.47 bits per heavy atom. The Morgan fingerprint density at radius 1 is 1.26 bits per heavy atom. The normalized spacial score (nSPS) is 19.2. The summed E-state index contributed by atoms with van der Waals surface area (Å²) in [6.07, 6.45) is 4.22. The minimum absolute atomic E-state index is 0.480. The van der Waals surface area contributed by atoms with Gasteiger partial charge in [-0.15, -0.1) is 11.8 Å². The van der Waals surface area contributed by atoms with Crippen LogP contribution in [-0.4, -0.2) is 32.8 Å². The Hall–Kier alpha value is -1.00. The number of aliphatic hydroxyl groups is 1. The number of carboxylic acids is 1. The predicted molar refractivity (Wildman–Crippen MR) is 77.4 cm³/mol. The van der Waals surface area contributed by atoms with Gasteiger partial charge in [0.15, 0.2) is 0 Å². The van der Waals surface area contributed by atoms with Crippen molar-refractivity contribution in [3.05, 3.63) is 35.9 Å². The van der Waals surface area contributed by atoms with Gasteiger partial charge in [0.05, 0.1) is 5.60 Å². The second-order valence-electron chi connectivity index (χ2n) is 5.26. The van der Waals surface area contributed by atoms with Crippen molar-refractivity contribution in [1.82, 2.24) is 0 Å². The molecule has 2 rings (SSSR count). The number of benzene rings is 1. The lowest BCUT2D eigenvalue weighted by molar-refractivity contribution is -0.136. The Labute approximate surface area is 118 Å². The molecule has 1 unspecified atom stereocenters. The number of aliphatic carboxylic acids is 1. The van der Waals surface area contributed by atoms with Crippen LogP contribution in [0.1, 0.15) is 31.2 Å². The van der Waals surface area contributed by atoms with Crippen LogP contribution in [0.4, 0.5) is 0 Å². The molecule has 4 heteroatoms. The van der Waals surface area contributed by atoms with Crippen molar-refractivity contribution in [1.29, 1.82) is 0 Å². The van der Waals surface area contributed by atoms with E-state index in [0.717, 1.165) is 31.2 Å². The van der Waals surface area contributed by atoms with Crippen molar-refractivity contribution >= 4 is 17.7 Å². The molecule has 0 amide bonds. The summed E-state index contributed by atoms with van der Waals surface area (Å²) < 4.78 is 0. The fraction of sp³-hybridized carbons (Fsp3) is 0.533. The number of rotatable bonds is 6. The summed E-state index contributed by atoms with van der Waals surface area (Å²) in [6.45, 7) is 0. The van der Waals surface area contributed by atoms with Crippen molar-refractivity contribution in [2.45, 2.75) is 43.0 Å². The third-order valence-corrected chi connectivity index (χ3v) is 5.10. The summed E-state index contributed by atoms with van der Waals surface area (Å²) in [5.41, 5.74) is 0.385. The molecule has 1 aromatic rings. The average Bonchev–Trinajstić information content (AvgIpc) is 2.83. The van der Waals surface area contributed by atoms with Crippen LogP contribution in [0.5, 0.6) is 0 Å². The molecule has 104 valence electrons. The van der Waals surface area contributed by atoms with E-state index in [1.807, 2.05) is 30.3 Å². The van der Waals surface area contributed by atoms with Gasteiger partial charge in [0.1, 0.15) is 5.25 Å². The van der Waals surface area contributed by atoms with E-state index in [9.17, 15) is 15.0 Å². The zero-order valence-electron chi connectivity index (χ0n) is 10.9. The monoisotopic (exact) mass is 280 g/mol. The van der Waals surface area contributed by atoms with Crippen LogP contribution in [0.25, 0.3) is 0 Å². The third-order valence-electron chi connectivity index (χ3n) is 3.63. The highest BCUT2D eigenvalue weighted by Crippen LogP contribution is 2.34. The van der Waals surface area contributed by atoms with Crippen LogP contribution < -0.4 is 0 Å². The number of thioether (sulfide) groups is 1. The molecule has 1 aliphatic rings. The fourth-order valence-electron chi connectivity index (χ4n) is 2.48. The molecule has 1 atom stereocenters. The molecule has 0 bridgehead atoms. The topological polar surface area (TPSA) is 57.5 Å². The van der Waals surface area contributed by atoms with E-state index in [1.54, 1.807) is 0 Å². The molecule has 0 aliphatic heterocycles. The average molecular weight is 280 g/mol. The van der Waals surface area contributed by atoms with Gasteiger partial charge in [-0.05, 0) is 24.8 Å². The highest BCUT2D eigenvalue weighted by molar-refractivity contribution is 8.00. The molecule has 1 aliphatic carbocycles. The zero-order chi connectivity index (χ0) is 13.7. The van der Waals surface area contributed by atoms with Crippen LogP contribution in [0.15, 0.2) is 30.3 Å². The van der Waals surface area contributed by atoms with E-state index in [2.05, 4.69) is 0 Å². The van der Waals surface area contributed by atoms with Gasteiger partial charge in [0.25, 0.3) is 0 Å². The Morgan fingerprint density at radius 2 is 1.89 bits per heavy atom. The predicted octanol–water partition coefficient (Wildman–Crippen LogP) is 2.72. The van der Waals surface area contributed by atoms with Crippen LogP contribution in [0.3, 0.4) is 0 Å². The molecule has 0 radical (unpaired) electrons. The van der Waals surface area contributed by atoms with E-state index in [-0.39, 0.29) is 0 Å². The Balaban J connectivity index is 1.91. The van der Waals surface area contributed by atoms with Gasteiger partial charge >= 0.3 is 5.97 Å². The van der Waals surface area contributed by atoms with Gasteiger partial charge in [0.2, 0.25) is 0 Å². The van der Waals surface area contributed by atoms with Crippen LogP contribution in [0, 0.1) is 0 Å². The lowest BCUT2D eigenvalue weighted by atomic mass is 10.1. The maximum Gasteiger partial charge on any atom is 0.316 e. The van der Waals surface area contributed by atoms with E-state index >= 15 is 0 Å². The summed E-state index contributed by atoms with van der Waals surface area (Å²) >= 11 is 1.37. The first-order valence-electron chi connectivity index (χ1n) is 6.70. The standard InChI is InChI=1S/C15H20O3S/c16-14(17)13(10-12-6-2-1-3-7-12)19-11-15(18)8-4-5-9-15/h1-3,6-7,13,18H,4-5,8-11H2,(H,16,17). The SMILES string of the molecule is O=C(O)C(Cc1ccccc1)SCC1(O)CCCC1. The van der Waals surface area contributed by atoms with Gasteiger partial charge in [0, 0.05) is 5.75 Å². The van der Waals surface area contributed by atoms with Crippen molar-refractivity contribution < 1.29 is 15.0 Å². The van der Waals surface area contributed by atoms with Crippen molar-refractivity contribution in [2.24, 2.45) is 0 Å². The maximum absolute atomic E-state index is 11.3. The lowest BCUT2D eigenvalue weighted by Crippen LogP contribution is -2.30. The third kappa shape index (κ3) is 4.25. The van der Waals surface area contributed by atoms with Gasteiger partial charge in [-0.1, -0.05) is 43.2 Å². The van der Waals surface area contributed by atoms with Crippen LogP contribution >= 0.6 is 11.8 Å². The first-order valence-corrected chi connectivity index (χ1v) is 7.75. The number of hydrogen-bond donors (Lipinski definition) is 2. The summed E-state index contributed by atoms with van der Waals surface area (Å²) in [6, 6.07) is 9.65. The van der Waals surface area contributed by atoms with Gasteiger partial charge in [-0.25, -0.2) is 0 Å². The molecule has 0 heterocycles. The molecule has 2 N–H and O–H groups in total. The molecule has 0 aromatic heterocycles. The summed E-state index contributed by atoms with van der Waals surface area (Å²) in [7, 11) is 0.